The molecule has 1 aliphatic heterocycles. The molecule has 0 spiro atoms. The van der Waals surface area contributed by atoms with Gasteiger partial charge in [0.2, 0.25) is 11.8 Å². The molecule has 5 nitrogen and oxygen atoms in total. The van der Waals surface area contributed by atoms with Crippen LogP contribution in [0.3, 0.4) is 0 Å². The number of amides is 2. The van der Waals surface area contributed by atoms with Crippen LogP contribution in [0.1, 0.15) is 63.5 Å². The number of benzene rings is 1. The Kier molecular flexibility index (Phi) is 6.75. The Balaban J connectivity index is 1.60. The lowest BCUT2D eigenvalue weighted by Gasteiger charge is -2.32. The van der Waals surface area contributed by atoms with E-state index in [1.54, 1.807) is 14.0 Å². The number of carbonyl (C=O) groups is 2. The minimum atomic E-state index is 0.0863. The van der Waals surface area contributed by atoms with Crippen molar-refractivity contribution in [2.45, 2.75) is 57.9 Å². The first-order chi connectivity index (χ1) is 13.1. The van der Waals surface area contributed by atoms with Crippen LogP contribution in [0.5, 0.6) is 5.75 Å². The van der Waals surface area contributed by atoms with E-state index in [1.165, 1.54) is 31.2 Å². The molecule has 148 valence electrons. The molecule has 0 bridgehead atoms. The molecule has 27 heavy (non-hydrogen) atoms. The van der Waals surface area contributed by atoms with Crippen LogP contribution >= 0.6 is 0 Å². The van der Waals surface area contributed by atoms with E-state index < -0.39 is 0 Å². The van der Waals surface area contributed by atoms with Crippen LogP contribution in [0.25, 0.3) is 0 Å². The van der Waals surface area contributed by atoms with Crippen molar-refractivity contribution in [3.8, 4) is 5.75 Å². The van der Waals surface area contributed by atoms with Crippen LogP contribution < -0.4 is 10.1 Å². The Bertz CT molecular complexity index is 629. The Hall–Kier alpha value is -2.04. The van der Waals surface area contributed by atoms with E-state index in [2.05, 4.69) is 17.4 Å². The lowest BCUT2D eigenvalue weighted by molar-refractivity contribution is -0.130. The average Bonchev–Trinajstić information content (AvgIpc) is 3.21. The zero-order valence-electron chi connectivity index (χ0n) is 16.6. The maximum absolute atomic E-state index is 12.8. The number of hydrogen-bond acceptors (Lipinski definition) is 3. The molecule has 1 N–H and O–H groups in total. The molecule has 1 aliphatic carbocycles. The summed E-state index contributed by atoms with van der Waals surface area (Å²) in [5.41, 5.74) is 1.17. The highest BCUT2D eigenvalue weighted by atomic mass is 16.5. The summed E-state index contributed by atoms with van der Waals surface area (Å²) < 4.78 is 5.27. The summed E-state index contributed by atoms with van der Waals surface area (Å²) in [6.45, 7) is 3.17. The number of likely N-dealkylation sites (tertiary alicyclic amines) is 1. The van der Waals surface area contributed by atoms with Crippen molar-refractivity contribution in [1.82, 2.24) is 10.2 Å². The van der Waals surface area contributed by atoms with Gasteiger partial charge in [0.1, 0.15) is 5.75 Å². The smallest absolute Gasteiger partial charge is 0.220 e. The lowest BCUT2D eigenvalue weighted by atomic mass is 9.90. The molecule has 1 unspecified atom stereocenters. The van der Waals surface area contributed by atoms with Gasteiger partial charge in [-0.15, -0.1) is 0 Å². The molecule has 2 fully saturated rings. The van der Waals surface area contributed by atoms with Crippen molar-refractivity contribution in [3.63, 3.8) is 0 Å². The van der Waals surface area contributed by atoms with Gasteiger partial charge in [-0.25, -0.2) is 0 Å². The third-order valence-corrected chi connectivity index (χ3v) is 6.20. The molecule has 2 amide bonds. The number of nitrogens with zero attached hydrogens (tertiary/aromatic N) is 1. The van der Waals surface area contributed by atoms with Gasteiger partial charge in [0, 0.05) is 26.4 Å². The number of rotatable bonds is 6. The highest BCUT2D eigenvalue weighted by molar-refractivity contribution is 5.77. The van der Waals surface area contributed by atoms with Crippen LogP contribution in [0, 0.1) is 11.8 Å². The summed E-state index contributed by atoms with van der Waals surface area (Å²) in [4.78, 5) is 26.1. The number of methoxy groups -OCH3 is 1. The number of hydrogen-bond donors (Lipinski definition) is 1. The van der Waals surface area contributed by atoms with E-state index in [1.807, 2.05) is 17.0 Å². The molecule has 1 saturated carbocycles. The predicted octanol–water partition coefficient (Wildman–Crippen LogP) is 3.69. The van der Waals surface area contributed by atoms with Gasteiger partial charge in [-0.2, -0.15) is 0 Å². The Morgan fingerprint density at radius 1 is 1.11 bits per heavy atom. The van der Waals surface area contributed by atoms with Gasteiger partial charge < -0.3 is 15.0 Å². The van der Waals surface area contributed by atoms with E-state index in [4.69, 9.17) is 4.74 Å². The standard InChI is InChI=1S/C22H32N2O3/c1-16(25)24-13-11-17(12-14-24)15-21(26)23-22(18-5-3-4-6-18)19-7-9-20(27-2)10-8-19/h7-10,17-18,22H,3-6,11-15H2,1-2H3,(H,23,26). The fourth-order valence-corrected chi connectivity index (χ4v) is 4.52. The van der Waals surface area contributed by atoms with E-state index in [9.17, 15) is 9.59 Å². The summed E-state index contributed by atoms with van der Waals surface area (Å²) in [6, 6.07) is 8.19. The molecule has 1 aromatic rings. The van der Waals surface area contributed by atoms with E-state index in [-0.39, 0.29) is 17.9 Å². The molecule has 0 radical (unpaired) electrons. The average molecular weight is 373 g/mol. The first-order valence-corrected chi connectivity index (χ1v) is 10.3. The fourth-order valence-electron chi connectivity index (χ4n) is 4.52. The summed E-state index contributed by atoms with van der Waals surface area (Å²) in [5, 5.41) is 3.33. The third-order valence-electron chi connectivity index (χ3n) is 6.20. The normalized spacial score (nSPS) is 19.7. The second kappa shape index (κ2) is 9.25. The lowest BCUT2D eigenvalue weighted by Crippen LogP contribution is -2.39. The van der Waals surface area contributed by atoms with Crippen LogP contribution in [-0.4, -0.2) is 36.9 Å². The van der Waals surface area contributed by atoms with E-state index in [0.717, 1.165) is 31.7 Å². The van der Waals surface area contributed by atoms with E-state index >= 15 is 0 Å². The van der Waals surface area contributed by atoms with Crippen LogP contribution in [-0.2, 0) is 9.59 Å². The zero-order valence-corrected chi connectivity index (χ0v) is 16.6. The number of carbonyl (C=O) groups excluding carboxylic acids is 2. The highest BCUT2D eigenvalue weighted by Gasteiger charge is 2.29. The number of piperidine rings is 1. The largest absolute Gasteiger partial charge is 0.497 e. The minimum Gasteiger partial charge on any atom is -0.497 e. The summed E-state index contributed by atoms with van der Waals surface area (Å²) >= 11 is 0. The summed E-state index contributed by atoms with van der Waals surface area (Å²) in [6.07, 6.45) is 7.24. The first kappa shape index (κ1) is 19.7. The molecule has 0 aromatic heterocycles. The quantitative estimate of drug-likeness (QED) is 0.828. The van der Waals surface area contributed by atoms with E-state index in [0.29, 0.717) is 18.3 Å². The monoisotopic (exact) mass is 372 g/mol. The maximum atomic E-state index is 12.8. The summed E-state index contributed by atoms with van der Waals surface area (Å²) in [7, 11) is 1.67. The van der Waals surface area contributed by atoms with Crippen LogP contribution in [0.15, 0.2) is 24.3 Å². The van der Waals surface area contributed by atoms with Crippen molar-refractivity contribution in [2.75, 3.05) is 20.2 Å². The number of ether oxygens (including phenoxy) is 1. The summed E-state index contributed by atoms with van der Waals surface area (Å²) in [5.74, 6) is 2.01. The van der Waals surface area contributed by atoms with Gasteiger partial charge in [0.15, 0.2) is 0 Å². The van der Waals surface area contributed by atoms with Crippen molar-refractivity contribution in [1.29, 1.82) is 0 Å². The SMILES string of the molecule is COc1ccc(C(NC(=O)CC2CCN(C(C)=O)CC2)C2CCCC2)cc1. The second-order valence-electron chi connectivity index (χ2n) is 8.02. The maximum Gasteiger partial charge on any atom is 0.220 e. The fraction of sp³-hybridized carbons (Fsp3) is 0.636. The molecular weight excluding hydrogens is 340 g/mol. The Labute approximate surface area is 162 Å². The Morgan fingerprint density at radius 3 is 2.30 bits per heavy atom. The van der Waals surface area contributed by atoms with Crippen LogP contribution in [0.4, 0.5) is 0 Å². The van der Waals surface area contributed by atoms with Gasteiger partial charge in [-0.05, 0) is 55.2 Å². The molecular formula is C22H32N2O3. The molecule has 5 heteroatoms. The molecule has 1 atom stereocenters. The van der Waals surface area contributed by atoms with Crippen molar-refractivity contribution < 1.29 is 14.3 Å². The van der Waals surface area contributed by atoms with Gasteiger partial charge in [0.05, 0.1) is 13.2 Å². The number of nitrogens with one attached hydrogen (secondary N) is 1. The molecule has 3 rings (SSSR count). The molecule has 1 heterocycles. The van der Waals surface area contributed by atoms with Gasteiger partial charge in [-0.3, -0.25) is 9.59 Å². The second-order valence-corrected chi connectivity index (χ2v) is 8.02. The van der Waals surface area contributed by atoms with Crippen LogP contribution in [0.2, 0.25) is 0 Å². The van der Waals surface area contributed by atoms with Gasteiger partial charge in [0.25, 0.3) is 0 Å². The third kappa shape index (κ3) is 5.24. The zero-order chi connectivity index (χ0) is 19.2. The minimum absolute atomic E-state index is 0.0863. The Morgan fingerprint density at radius 2 is 1.74 bits per heavy atom. The van der Waals surface area contributed by atoms with Gasteiger partial charge in [-0.1, -0.05) is 25.0 Å². The van der Waals surface area contributed by atoms with Crippen molar-refractivity contribution in [2.24, 2.45) is 11.8 Å². The molecule has 1 saturated heterocycles. The highest BCUT2D eigenvalue weighted by Crippen LogP contribution is 2.36. The topological polar surface area (TPSA) is 58.6 Å². The van der Waals surface area contributed by atoms with Gasteiger partial charge >= 0.3 is 0 Å². The van der Waals surface area contributed by atoms with Crippen molar-refractivity contribution >= 4 is 11.8 Å². The molecule has 2 aliphatic rings. The first-order valence-electron chi connectivity index (χ1n) is 10.3. The molecule has 1 aromatic carbocycles. The predicted molar refractivity (Wildman–Crippen MR) is 105 cm³/mol. The van der Waals surface area contributed by atoms with Crippen molar-refractivity contribution in [3.05, 3.63) is 29.8 Å².